The Labute approximate surface area is 68.1 Å². The molecule has 0 aliphatic rings. The number of carbonyl (C=O) groups excluding carboxylic acids is 1. The van der Waals surface area contributed by atoms with Crippen molar-refractivity contribution in [2.45, 2.75) is 11.8 Å². The Hall–Kier alpha value is 0.240. The first-order chi connectivity index (χ1) is 4.18. The number of hydrogen-bond acceptors (Lipinski definition) is 1. The van der Waals surface area contributed by atoms with Crippen LogP contribution in [-0.4, -0.2) is 23.2 Å². The van der Waals surface area contributed by atoms with Gasteiger partial charge in [-0.25, -0.2) is 0 Å². The molecule has 0 fully saturated rings. The van der Waals surface area contributed by atoms with Crippen molar-refractivity contribution in [2.24, 2.45) is 0 Å². The smallest absolute Gasteiger partial charge is 0.233 e. The van der Waals surface area contributed by atoms with E-state index in [1.54, 1.807) is 6.92 Å². The molecule has 1 unspecified atom stereocenters. The number of halogens is 2. The van der Waals surface area contributed by atoms with Crippen LogP contribution in [0.4, 0.5) is 0 Å². The van der Waals surface area contributed by atoms with Gasteiger partial charge in [0.15, 0.2) is 0 Å². The molecule has 0 aromatic heterocycles. The van der Waals surface area contributed by atoms with Crippen molar-refractivity contribution in [3.8, 4) is 0 Å². The lowest BCUT2D eigenvalue weighted by atomic mass is 10.4. The third kappa shape index (κ3) is 4.73. The first kappa shape index (κ1) is 9.24. The molecular formula is C5H9BrClNO. The number of nitrogens with one attached hydrogen (secondary N) is 1. The van der Waals surface area contributed by atoms with Gasteiger partial charge in [0, 0.05) is 12.4 Å². The average Bonchev–Trinajstić information content (AvgIpc) is 1.82. The lowest BCUT2D eigenvalue weighted by Crippen LogP contribution is -2.30. The van der Waals surface area contributed by atoms with Gasteiger partial charge in [-0.1, -0.05) is 15.9 Å². The molecule has 0 saturated carbocycles. The Morgan fingerprint density at radius 3 is 2.78 bits per heavy atom. The average molecular weight is 214 g/mol. The molecule has 0 aromatic rings. The van der Waals surface area contributed by atoms with Crippen molar-refractivity contribution >= 4 is 33.4 Å². The maximum absolute atomic E-state index is 10.7. The van der Waals surface area contributed by atoms with Gasteiger partial charge in [0.05, 0.1) is 4.83 Å². The molecule has 0 aliphatic heterocycles. The standard InChI is InChI=1S/C5H9BrClNO/c1-4(6)5(9)8-3-2-7/h4H,2-3H2,1H3,(H,8,9). The summed E-state index contributed by atoms with van der Waals surface area (Å²) in [7, 11) is 0. The lowest BCUT2D eigenvalue weighted by molar-refractivity contribution is -0.120. The molecule has 0 spiro atoms. The van der Waals surface area contributed by atoms with Gasteiger partial charge < -0.3 is 5.32 Å². The third-order valence-electron chi connectivity index (χ3n) is 0.755. The van der Waals surface area contributed by atoms with E-state index in [0.717, 1.165) is 0 Å². The number of carbonyl (C=O) groups is 1. The molecule has 0 saturated heterocycles. The summed E-state index contributed by atoms with van der Waals surface area (Å²) in [4.78, 5) is 10.6. The van der Waals surface area contributed by atoms with Gasteiger partial charge in [0.2, 0.25) is 5.91 Å². The van der Waals surface area contributed by atoms with Crippen LogP contribution >= 0.6 is 27.5 Å². The van der Waals surface area contributed by atoms with E-state index in [2.05, 4.69) is 21.2 Å². The van der Waals surface area contributed by atoms with Crippen molar-refractivity contribution in [1.29, 1.82) is 0 Å². The predicted octanol–water partition coefficient (Wildman–Crippen LogP) is 1.12. The van der Waals surface area contributed by atoms with E-state index in [-0.39, 0.29) is 10.7 Å². The van der Waals surface area contributed by atoms with E-state index in [0.29, 0.717) is 12.4 Å². The molecule has 54 valence electrons. The SMILES string of the molecule is CC(Br)C(=O)NCCCl. The zero-order valence-electron chi connectivity index (χ0n) is 5.16. The van der Waals surface area contributed by atoms with Crippen LogP contribution in [-0.2, 0) is 4.79 Å². The second-order valence-electron chi connectivity index (χ2n) is 1.60. The minimum Gasteiger partial charge on any atom is -0.354 e. The van der Waals surface area contributed by atoms with E-state index in [1.165, 1.54) is 0 Å². The topological polar surface area (TPSA) is 29.1 Å². The van der Waals surface area contributed by atoms with E-state index >= 15 is 0 Å². The van der Waals surface area contributed by atoms with E-state index in [1.807, 2.05) is 0 Å². The summed E-state index contributed by atoms with van der Waals surface area (Å²) in [5, 5.41) is 2.61. The molecule has 0 rings (SSSR count). The van der Waals surface area contributed by atoms with Crippen molar-refractivity contribution < 1.29 is 4.79 Å². The summed E-state index contributed by atoms with van der Waals surface area (Å²) in [6.45, 7) is 2.31. The van der Waals surface area contributed by atoms with Gasteiger partial charge in [-0.05, 0) is 6.92 Å². The van der Waals surface area contributed by atoms with Gasteiger partial charge in [-0.2, -0.15) is 0 Å². The molecule has 1 N–H and O–H groups in total. The predicted molar refractivity (Wildman–Crippen MR) is 42.1 cm³/mol. The zero-order valence-corrected chi connectivity index (χ0v) is 7.50. The van der Waals surface area contributed by atoms with Crippen molar-refractivity contribution in [3.05, 3.63) is 0 Å². The summed E-state index contributed by atoms with van der Waals surface area (Å²) in [5.74, 6) is 0.446. The Kier molecular flexibility index (Phi) is 5.19. The van der Waals surface area contributed by atoms with Crippen LogP contribution in [0.15, 0.2) is 0 Å². The van der Waals surface area contributed by atoms with E-state index < -0.39 is 0 Å². The van der Waals surface area contributed by atoms with Crippen LogP contribution in [0.2, 0.25) is 0 Å². The highest BCUT2D eigenvalue weighted by molar-refractivity contribution is 9.10. The summed E-state index contributed by atoms with van der Waals surface area (Å²) in [6, 6.07) is 0. The first-order valence-electron chi connectivity index (χ1n) is 2.66. The number of rotatable bonds is 3. The fourth-order valence-electron chi connectivity index (χ4n) is 0.311. The van der Waals surface area contributed by atoms with Crippen molar-refractivity contribution in [2.75, 3.05) is 12.4 Å². The highest BCUT2D eigenvalue weighted by Gasteiger charge is 2.05. The van der Waals surface area contributed by atoms with Crippen LogP contribution in [0.3, 0.4) is 0 Å². The minimum atomic E-state index is -0.124. The molecule has 1 atom stereocenters. The molecule has 4 heteroatoms. The summed E-state index contributed by atoms with van der Waals surface area (Å²) >= 11 is 8.44. The number of alkyl halides is 2. The molecular weight excluding hydrogens is 205 g/mol. The first-order valence-corrected chi connectivity index (χ1v) is 4.11. The van der Waals surface area contributed by atoms with Gasteiger partial charge in [-0.3, -0.25) is 4.79 Å². The van der Waals surface area contributed by atoms with Crippen LogP contribution in [0.5, 0.6) is 0 Å². The lowest BCUT2D eigenvalue weighted by Gasteiger charge is -2.02. The molecule has 0 heterocycles. The third-order valence-corrected chi connectivity index (χ3v) is 1.36. The molecule has 0 radical (unpaired) electrons. The highest BCUT2D eigenvalue weighted by atomic mass is 79.9. The summed E-state index contributed by atoms with van der Waals surface area (Å²) in [6.07, 6.45) is 0. The Morgan fingerprint density at radius 2 is 2.44 bits per heavy atom. The van der Waals surface area contributed by atoms with E-state index in [9.17, 15) is 4.79 Å². The molecule has 2 nitrogen and oxygen atoms in total. The Morgan fingerprint density at radius 1 is 1.89 bits per heavy atom. The fraction of sp³-hybridized carbons (Fsp3) is 0.800. The molecule has 0 aliphatic carbocycles. The quantitative estimate of drug-likeness (QED) is 0.701. The van der Waals surface area contributed by atoms with Crippen LogP contribution in [0, 0.1) is 0 Å². The maximum atomic E-state index is 10.7. The van der Waals surface area contributed by atoms with E-state index in [4.69, 9.17) is 11.6 Å². The fourth-order valence-corrected chi connectivity index (χ4v) is 0.567. The number of hydrogen-bond donors (Lipinski definition) is 1. The molecule has 0 bridgehead atoms. The van der Waals surface area contributed by atoms with Gasteiger partial charge >= 0.3 is 0 Å². The normalized spacial score (nSPS) is 12.8. The van der Waals surface area contributed by atoms with Gasteiger partial charge in [0.25, 0.3) is 0 Å². The van der Waals surface area contributed by atoms with Crippen molar-refractivity contribution in [1.82, 2.24) is 5.32 Å². The Balaban J connectivity index is 3.28. The largest absolute Gasteiger partial charge is 0.354 e. The second kappa shape index (κ2) is 5.06. The zero-order chi connectivity index (χ0) is 7.28. The number of amides is 1. The van der Waals surface area contributed by atoms with Crippen LogP contribution in [0.1, 0.15) is 6.92 Å². The van der Waals surface area contributed by atoms with Crippen LogP contribution in [0.25, 0.3) is 0 Å². The molecule has 1 amide bonds. The monoisotopic (exact) mass is 213 g/mol. The maximum Gasteiger partial charge on any atom is 0.233 e. The minimum absolute atomic E-state index is 0.0179. The summed E-state index contributed by atoms with van der Waals surface area (Å²) in [5.41, 5.74) is 0. The molecule has 0 aromatic carbocycles. The Bertz CT molecular complexity index is 97.0. The van der Waals surface area contributed by atoms with Gasteiger partial charge in [-0.15, -0.1) is 11.6 Å². The van der Waals surface area contributed by atoms with Gasteiger partial charge in [0.1, 0.15) is 0 Å². The summed E-state index contributed by atoms with van der Waals surface area (Å²) < 4.78 is 0. The second-order valence-corrected chi connectivity index (χ2v) is 3.35. The highest BCUT2D eigenvalue weighted by Crippen LogP contribution is 1.95. The van der Waals surface area contributed by atoms with Crippen molar-refractivity contribution in [3.63, 3.8) is 0 Å². The van der Waals surface area contributed by atoms with Crippen LogP contribution < -0.4 is 5.32 Å². The molecule has 9 heavy (non-hydrogen) atoms.